The number of hydrogen-bond donors (Lipinski definition) is 1. The van der Waals surface area contributed by atoms with Crippen LogP contribution in [0.1, 0.15) is 6.92 Å². The van der Waals surface area contributed by atoms with Crippen LogP contribution in [0.4, 0.5) is 5.69 Å². The Morgan fingerprint density at radius 3 is 2.47 bits per heavy atom. The average Bonchev–Trinajstić information content (AvgIpc) is 3.25. The number of para-hydroxylation sites is 1. The van der Waals surface area contributed by atoms with Crippen LogP contribution in [0.5, 0.6) is 5.75 Å². The second-order valence-electron chi connectivity index (χ2n) is 6.89. The molecule has 0 aliphatic rings. The van der Waals surface area contributed by atoms with Gasteiger partial charge >= 0.3 is 0 Å². The lowest BCUT2D eigenvalue weighted by Crippen LogP contribution is -2.14. The maximum Gasteiger partial charge on any atom is 0.234 e. The van der Waals surface area contributed by atoms with Crippen LogP contribution in [-0.4, -0.2) is 27.8 Å². The second-order valence-corrected chi connectivity index (χ2v) is 8.24. The van der Waals surface area contributed by atoms with E-state index in [1.54, 1.807) is 12.1 Å². The van der Waals surface area contributed by atoms with E-state index < -0.39 is 0 Å². The molecule has 0 atom stereocenters. The van der Waals surface area contributed by atoms with Crippen molar-refractivity contribution in [1.82, 2.24) is 9.55 Å². The highest BCUT2D eigenvalue weighted by molar-refractivity contribution is 7.99. The number of imidazole rings is 1. The van der Waals surface area contributed by atoms with Gasteiger partial charge < -0.3 is 10.1 Å². The summed E-state index contributed by atoms with van der Waals surface area (Å²) in [5, 5.41) is 4.09. The Morgan fingerprint density at radius 2 is 1.75 bits per heavy atom. The van der Waals surface area contributed by atoms with Crippen LogP contribution >= 0.6 is 23.4 Å². The third-order valence-electron chi connectivity index (χ3n) is 4.65. The van der Waals surface area contributed by atoms with Crippen LogP contribution in [-0.2, 0) is 4.79 Å². The first-order valence-corrected chi connectivity index (χ1v) is 11.6. The summed E-state index contributed by atoms with van der Waals surface area (Å²) in [4.78, 5) is 17.3. The van der Waals surface area contributed by atoms with Crippen LogP contribution in [0.15, 0.2) is 90.2 Å². The minimum atomic E-state index is -0.148. The van der Waals surface area contributed by atoms with Crippen LogP contribution in [0.3, 0.4) is 0 Å². The molecule has 162 valence electrons. The van der Waals surface area contributed by atoms with Crippen molar-refractivity contribution in [2.24, 2.45) is 0 Å². The standard InChI is InChI=1S/C25H22ClN3O2S/c1-2-31-20-14-12-19(13-15-20)29-16-23(18-8-4-3-5-9-18)28-25(29)32-17-24(30)27-22-11-7-6-10-21(22)26/h3-16H,2,17H2,1H3,(H,27,30). The summed E-state index contributed by atoms with van der Waals surface area (Å²) >= 11 is 7.52. The van der Waals surface area contributed by atoms with Crippen molar-refractivity contribution in [2.75, 3.05) is 17.7 Å². The van der Waals surface area contributed by atoms with Gasteiger partial charge in [0.05, 0.1) is 28.8 Å². The molecule has 0 bridgehead atoms. The van der Waals surface area contributed by atoms with E-state index in [1.807, 2.05) is 84.4 Å². The van der Waals surface area contributed by atoms with Gasteiger partial charge in [0.1, 0.15) is 5.75 Å². The van der Waals surface area contributed by atoms with Crippen molar-refractivity contribution in [3.05, 3.63) is 90.1 Å². The van der Waals surface area contributed by atoms with Crippen LogP contribution in [0.2, 0.25) is 5.02 Å². The van der Waals surface area contributed by atoms with E-state index >= 15 is 0 Å². The fourth-order valence-corrected chi connectivity index (χ4v) is 4.12. The van der Waals surface area contributed by atoms with Gasteiger partial charge in [0.15, 0.2) is 5.16 Å². The molecule has 1 heterocycles. The number of benzene rings is 3. The lowest BCUT2D eigenvalue weighted by Gasteiger charge is -2.09. The zero-order chi connectivity index (χ0) is 22.3. The monoisotopic (exact) mass is 463 g/mol. The summed E-state index contributed by atoms with van der Waals surface area (Å²) < 4.78 is 7.54. The van der Waals surface area contributed by atoms with E-state index in [-0.39, 0.29) is 11.7 Å². The molecule has 1 N–H and O–H groups in total. The van der Waals surface area contributed by atoms with Crippen LogP contribution in [0.25, 0.3) is 16.9 Å². The number of nitrogens with one attached hydrogen (secondary N) is 1. The molecule has 0 saturated carbocycles. The van der Waals surface area contributed by atoms with Gasteiger partial charge in [0.25, 0.3) is 0 Å². The summed E-state index contributed by atoms with van der Waals surface area (Å²) in [5.41, 5.74) is 3.39. The van der Waals surface area contributed by atoms with Crippen LogP contribution < -0.4 is 10.1 Å². The smallest absolute Gasteiger partial charge is 0.234 e. The molecule has 1 aromatic heterocycles. The highest BCUT2D eigenvalue weighted by Crippen LogP contribution is 2.28. The molecule has 3 aromatic carbocycles. The van der Waals surface area contributed by atoms with Crippen molar-refractivity contribution >= 4 is 35.0 Å². The van der Waals surface area contributed by atoms with Gasteiger partial charge in [-0.25, -0.2) is 4.98 Å². The van der Waals surface area contributed by atoms with E-state index in [9.17, 15) is 4.79 Å². The number of halogens is 1. The maximum atomic E-state index is 12.5. The molecule has 32 heavy (non-hydrogen) atoms. The van der Waals surface area contributed by atoms with Crippen molar-refractivity contribution in [3.8, 4) is 22.7 Å². The number of thioether (sulfide) groups is 1. The number of anilines is 1. The van der Waals surface area contributed by atoms with E-state index in [0.29, 0.717) is 17.3 Å². The van der Waals surface area contributed by atoms with Crippen molar-refractivity contribution in [1.29, 1.82) is 0 Å². The van der Waals surface area contributed by atoms with Gasteiger partial charge in [0.2, 0.25) is 5.91 Å². The van der Waals surface area contributed by atoms with E-state index in [0.717, 1.165) is 27.9 Å². The van der Waals surface area contributed by atoms with Gasteiger partial charge in [-0.1, -0.05) is 65.8 Å². The Bertz CT molecular complexity index is 1190. The second kappa shape index (κ2) is 10.4. The molecule has 0 fully saturated rings. The molecule has 0 radical (unpaired) electrons. The summed E-state index contributed by atoms with van der Waals surface area (Å²) in [6, 6.07) is 25.0. The summed E-state index contributed by atoms with van der Waals surface area (Å²) in [7, 11) is 0. The number of carbonyl (C=O) groups excluding carboxylic acids is 1. The fourth-order valence-electron chi connectivity index (χ4n) is 3.15. The zero-order valence-electron chi connectivity index (χ0n) is 17.5. The lowest BCUT2D eigenvalue weighted by molar-refractivity contribution is -0.113. The summed E-state index contributed by atoms with van der Waals surface area (Å²) in [6.45, 7) is 2.57. The Balaban J connectivity index is 1.57. The summed E-state index contributed by atoms with van der Waals surface area (Å²) in [6.07, 6.45) is 1.99. The highest BCUT2D eigenvalue weighted by Gasteiger charge is 2.14. The van der Waals surface area contributed by atoms with Gasteiger partial charge in [-0.15, -0.1) is 0 Å². The molecule has 0 unspecified atom stereocenters. The normalized spacial score (nSPS) is 10.7. The minimum absolute atomic E-state index is 0.148. The van der Waals surface area contributed by atoms with Crippen molar-refractivity contribution < 1.29 is 9.53 Å². The topological polar surface area (TPSA) is 56.2 Å². The van der Waals surface area contributed by atoms with E-state index in [2.05, 4.69) is 5.32 Å². The Hall–Kier alpha value is -3.22. The Labute approximate surface area is 196 Å². The number of carbonyl (C=O) groups is 1. The maximum absolute atomic E-state index is 12.5. The molecular formula is C25H22ClN3O2S. The van der Waals surface area contributed by atoms with Crippen molar-refractivity contribution in [2.45, 2.75) is 12.1 Å². The van der Waals surface area contributed by atoms with Gasteiger partial charge in [-0.2, -0.15) is 0 Å². The number of nitrogens with zero attached hydrogens (tertiary/aromatic N) is 2. The highest BCUT2D eigenvalue weighted by atomic mass is 35.5. The SMILES string of the molecule is CCOc1ccc(-n2cc(-c3ccccc3)nc2SCC(=O)Nc2ccccc2Cl)cc1. The average molecular weight is 464 g/mol. The Kier molecular flexibility index (Phi) is 7.14. The molecule has 0 aliphatic carbocycles. The third kappa shape index (κ3) is 5.33. The molecule has 4 rings (SSSR count). The van der Waals surface area contributed by atoms with Crippen LogP contribution in [0, 0.1) is 0 Å². The number of ether oxygens (including phenoxy) is 1. The van der Waals surface area contributed by atoms with Gasteiger partial charge in [-0.3, -0.25) is 9.36 Å². The number of aromatic nitrogens is 2. The first kappa shape index (κ1) is 22.0. The number of hydrogen-bond acceptors (Lipinski definition) is 4. The molecule has 0 aliphatic heterocycles. The minimum Gasteiger partial charge on any atom is -0.494 e. The van der Waals surface area contributed by atoms with Gasteiger partial charge in [-0.05, 0) is 43.3 Å². The number of rotatable bonds is 8. The fraction of sp³-hybridized carbons (Fsp3) is 0.120. The third-order valence-corrected chi connectivity index (χ3v) is 5.93. The Morgan fingerprint density at radius 1 is 1.03 bits per heavy atom. The quantitative estimate of drug-likeness (QED) is 0.310. The predicted molar refractivity (Wildman–Crippen MR) is 131 cm³/mol. The molecule has 4 aromatic rings. The first-order valence-electron chi connectivity index (χ1n) is 10.2. The predicted octanol–water partition coefficient (Wildman–Crippen LogP) is 6.32. The molecular weight excluding hydrogens is 442 g/mol. The molecule has 5 nitrogen and oxygen atoms in total. The molecule has 0 spiro atoms. The van der Waals surface area contributed by atoms with Gasteiger partial charge in [0, 0.05) is 17.4 Å². The largest absolute Gasteiger partial charge is 0.494 e. The number of amides is 1. The lowest BCUT2D eigenvalue weighted by atomic mass is 10.2. The molecule has 0 saturated heterocycles. The van der Waals surface area contributed by atoms with E-state index in [4.69, 9.17) is 21.3 Å². The van der Waals surface area contributed by atoms with E-state index in [1.165, 1.54) is 11.8 Å². The summed E-state index contributed by atoms with van der Waals surface area (Å²) in [5.74, 6) is 0.867. The zero-order valence-corrected chi connectivity index (χ0v) is 19.1. The molecule has 7 heteroatoms. The van der Waals surface area contributed by atoms with Crippen molar-refractivity contribution in [3.63, 3.8) is 0 Å². The first-order chi connectivity index (χ1) is 15.6. The molecule has 1 amide bonds.